The summed E-state index contributed by atoms with van der Waals surface area (Å²) in [6.45, 7) is 2.91. The molecule has 1 atom stereocenters. The summed E-state index contributed by atoms with van der Waals surface area (Å²) in [6, 6.07) is 0. The Morgan fingerprint density at radius 3 is 2.33 bits per heavy atom. The first-order valence-corrected chi connectivity index (χ1v) is 8.18. The molecule has 0 aliphatic carbocycles. The molecule has 0 saturated heterocycles. The van der Waals surface area contributed by atoms with E-state index >= 15 is 0 Å². The van der Waals surface area contributed by atoms with E-state index in [2.05, 4.69) is 6.92 Å². The van der Waals surface area contributed by atoms with Gasteiger partial charge in [-0.1, -0.05) is 39.0 Å². The number of hydrogen-bond acceptors (Lipinski definition) is 2. The maximum absolute atomic E-state index is 10.8. The highest BCUT2D eigenvalue weighted by Gasteiger charge is 2.21. The molecule has 0 radical (unpaired) electrons. The van der Waals surface area contributed by atoms with Crippen LogP contribution in [0.25, 0.3) is 0 Å². The fourth-order valence-electron chi connectivity index (χ4n) is 2.24. The SMILES string of the molecule is CCCCCCCCC=CO[C@H](CC(=O)O)C[N+](C)(C)C. The van der Waals surface area contributed by atoms with Crippen LogP contribution in [-0.4, -0.2) is 49.4 Å². The maximum atomic E-state index is 10.8. The average Bonchev–Trinajstić information content (AvgIpc) is 2.34. The smallest absolute Gasteiger partial charge is 0.307 e. The number of hydrogen-bond donors (Lipinski definition) is 1. The number of quaternary nitrogens is 1. The molecule has 0 bridgehead atoms. The number of nitrogens with zero attached hydrogens (tertiary/aromatic N) is 1. The molecule has 0 saturated carbocycles. The first-order valence-electron chi connectivity index (χ1n) is 8.18. The van der Waals surface area contributed by atoms with E-state index in [9.17, 15) is 4.79 Å². The van der Waals surface area contributed by atoms with Gasteiger partial charge in [0, 0.05) is 0 Å². The van der Waals surface area contributed by atoms with Crippen molar-refractivity contribution in [3.63, 3.8) is 0 Å². The molecule has 0 spiro atoms. The van der Waals surface area contributed by atoms with Gasteiger partial charge >= 0.3 is 5.97 Å². The number of unbranched alkanes of at least 4 members (excludes halogenated alkanes) is 6. The van der Waals surface area contributed by atoms with Crippen molar-refractivity contribution in [1.82, 2.24) is 0 Å². The molecule has 124 valence electrons. The molecule has 4 nitrogen and oxygen atoms in total. The minimum Gasteiger partial charge on any atom is -0.492 e. The normalized spacial score (nSPS) is 13.5. The van der Waals surface area contributed by atoms with Crippen LogP contribution in [0.4, 0.5) is 0 Å². The maximum Gasteiger partial charge on any atom is 0.307 e. The molecule has 21 heavy (non-hydrogen) atoms. The van der Waals surface area contributed by atoms with Crippen molar-refractivity contribution < 1.29 is 19.1 Å². The Labute approximate surface area is 130 Å². The standard InChI is InChI=1S/C17H33NO3/c1-5-6-7-8-9-10-11-12-13-21-16(14-17(19)20)15-18(2,3)4/h12-13,16H,5-11,14-15H2,1-4H3/p+1/t16-/m1/s1. The number of carboxylic acid groups (broad SMARTS) is 1. The van der Waals surface area contributed by atoms with Crippen LogP contribution >= 0.6 is 0 Å². The van der Waals surface area contributed by atoms with Crippen LogP contribution in [0.1, 0.15) is 58.3 Å². The van der Waals surface area contributed by atoms with Gasteiger partial charge in [-0.2, -0.15) is 0 Å². The third-order valence-corrected chi connectivity index (χ3v) is 3.25. The van der Waals surface area contributed by atoms with Crippen LogP contribution in [0.5, 0.6) is 0 Å². The van der Waals surface area contributed by atoms with Crippen molar-refractivity contribution in [2.45, 2.75) is 64.4 Å². The highest BCUT2D eigenvalue weighted by atomic mass is 16.5. The molecule has 0 aromatic heterocycles. The number of allylic oxidation sites excluding steroid dienone is 1. The number of rotatable bonds is 13. The Kier molecular flexibility index (Phi) is 11.0. The van der Waals surface area contributed by atoms with Gasteiger partial charge in [-0.15, -0.1) is 0 Å². The Hall–Kier alpha value is -1.03. The van der Waals surface area contributed by atoms with Crippen molar-refractivity contribution in [2.75, 3.05) is 27.7 Å². The topological polar surface area (TPSA) is 46.5 Å². The van der Waals surface area contributed by atoms with Crippen molar-refractivity contribution in [1.29, 1.82) is 0 Å². The van der Waals surface area contributed by atoms with Gasteiger partial charge < -0.3 is 14.3 Å². The van der Waals surface area contributed by atoms with Crippen molar-refractivity contribution in [3.8, 4) is 0 Å². The van der Waals surface area contributed by atoms with Gasteiger partial charge in [-0.3, -0.25) is 4.79 Å². The monoisotopic (exact) mass is 300 g/mol. The second-order valence-electron chi connectivity index (χ2n) is 6.76. The number of aliphatic carboxylic acids is 1. The van der Waals surface area contributed by atoms with E-state index < -0.39 is 5.97 Å². The fourth-order valence-corrected chi connectivity index (χ4v) is 2.24. The zero-order chi connectivity index (χ0) is 16.1. The highest BCUT2D eigenvalue weighted by Crippen LogP contribution is 2.09. The zero-order valence-electron chi connectivity index (χ0n) is 14.3. The van der Waals surface area contributed by atoms with E-state index in [0.29, 0.717) is 11.0 Å². The molecule has 0 aliphatic rings. The minimum atomic E-state index is -0.808. The third kappa shape index (κ3) is 15.2. The lowest BCUT2D eigenvalue weighted by molar-refractivity contribution is -0.873. The lowest BCUT2D eigenvalue weighted by Gasteiger charge is -2.28. The summed E-state index contributed by atoms with van der Waals surface area (Å²) in [7, 11) is 6.12. The molecular weight excluding hydrogens is 266 g/mol. The van der Waals surface area contributed by atoms with Crippen LogP contribution in [0.15, 0.2) is 12.3 Å². The van der Waals surface area contributed by atoms with Gasteiger partial charge in [0.05, 0.1) is 33.8 Å². The van der Waals surface area contributed by atoms with Gasteiger partial charge in [-0.05, 0) is 18.9 Å². The Balaban J connectivity index is 3.84. The molecule has 0 aromatic carbocycles. The van der Waals surface area contributed by atoms with Crippen LogP contribution in [0.3, 0.4) is 0 Å². The molecule has 0 aliphatic heterocycles. The van der Waals surface area contributed by atoms with Gasteiger partial charge in [0.15, 0.2) is 6.10 Å². The first kappa shape index (κ1) is 20.0. The van der Waals surface area contributed by atoms with Crippen molar-refractivity contribution >= 4 is 5.97 Å². The van der Waals surface area contributed by atoms with Gasteiger partial charge in [0.2, 0.25) is 0 Å². The molecule has 0 rings (SSSR count). The van der Waals surface area contributed by atoms with Crippen LogP contribution < -0.4 is 0 Å². The number of likely N-dealkylation sites (N-methyl/N-ethyl adjacent to an activating group) is 1. The van der Waals surface area contributed by atoms with Gasteiger partial charge in [0.25, 0.3) is 0 Å². The summed E-state index contributed by atoms with van der Waals surface area (Å²) in [4.78, 5) is 10.8. The Morgan fingerprint density at radius 2 is 1.76 bits per heavy atom. The molecule has 1 N–H and O–H groups in total. The molecule has 0 heterocycles. The largest absolute Gasteiger partial charge is 0.492 e. The van der Waals surface area contributed by atoms with E-state index in [4.69, 9.17) is 9.84 Å². The second-order valence-corrected chi connectivity index (χ2v) is 6.76. The zero-order valence-corrected chi connectivity index (χ0v) is 14.3. The Morgan fingerprint density at radius 1 is 1.14 bits per heavy atom. The second kappa shape index (κ2) is 11.6. The number of ether oxygens (including phenoxy) is 1. The minimum absolute atomic E-state index is 0.0525. The van der Waals surface area contributed by atoms with E-state index in [-0.39, 0.29) is 12.5 Å². The van der Waals surface area contributed by atoms with Crippen LogP contribution in [-0.2, 0) is 9.53 Å². The molecule has 4 heteroatoms. The van der Waals surface area contributed by atoms with E-state index in [1.54, 1.807) is 6.26 Å². The summed E-state index contributed by atoms with van der Waals surface area (Å²) >= 11 is 0. The van der Waals surface area contributed by atoms with Crippen molar-refractivity contribution in [3.05, 3.63) is 12.3 Å². The highest BCUT2D eigenvalue weighted by molar-refractivity contribution is 5.67. The molecular formula is C17H34NO3+. The van der Waals surface area contributed by atoms with Crippen LogP contribution in [0.2, 0.25) is 0 Å². The fraction of sp³-hybridized carbons (Fsp3) is 0.824. The molecule has 0 aromatic rings. The number of carboxylic acids is 1. The number of carbonyl (C=O) groups is 1. The Bertz CT molecular complexity index is 295. The average molecular weight is 300 g/mol. The third-order valence-electron chi connectivity index (χ3n) is 3.25. The van der Waals surface area contributed by atoms with Crippen molar-refractivity contribution in [2.24, 2.45) is 0 Å². The van der Waals surface area contributed by atoms with E-state index in [0.717, 1.165) is 6.42 Å². The van der Waals surface area contributed by atoms with Crippen LogP contribution in [0, 0.1) is 0 Å². The molecule has 0 amide bonds. The summed E-state index contributed by atoms with van der Waals surface area (Å²) in [5.74, 6) is -0.808. The van der Waals surface area contributed by atoms with E-state index in [1.165, 1.54) is 38.5 Å². The lowest BCUT2D eigenvalue weighted by Crippen LogP contribution is -2.42. The van der Waals surface area contributed by atoms with Gasteiger partial charge in [-0.25, -0.2) is 0 Å². The molecule has 0 fully saturated rings. The summed E-state index contributed by atoms with van der Waals surface area (Å²) in [5.41, 5.74) is 0. The lowest BCUT2D eigenvalue weighted by atomic mass is 10.1. The summed E-state index contributed by atoms with van der Waals surface area (Å²) in [6.07, 6.45) is 12.2. The first-order chi connectivity index (χ1) is 9.85. The summed E-state index contributed by atoms with van der Waals surface area (Å²) in [5, 5.41) is 8.91. The predicted octanol–water partition coefficient (Wildman–Crippen LogP) is 3.82. The quantitative estimate of drug-likeness (QED) is 0.319. The predicted molar refractivity (Wildman–Crippen MR) is 87.2 cm³/mol. The van der Waals surface area contributed by atoms with Gasteiger partial charge in [0.1, 0.15) is 6.54 Å². The summed E-state index contributed by atoms with van der Waals surface area (Å²) < 4.78 is 6.29. The molecule has 0 unspecified atom stereocenters. The van der Waals surface area contributed by atoms with E-state index in [1.807, 2.05) is 27.2 Å².